The lowest BCUT2D eigenvalue weighted by Gasteiger charge is -2.24. The minimum absolute atomic E-state index is 0.0768. The first-order valence-corrected chi connectivity index (χ1v) is 6.71. The van der Waals surface area contributed by atoms with Crippen molar-refractivity contribution in [2.75, 3.05) is 19.8 Å². The molecular formula is C16H20FNO3. The van der Waals surface area contributed by atoms with E-state index in [9.17, 15) is 9.18 Å². The van der Waals surface area contributed by atoms with E-state index >= 15 is 0 Å². The molecule has 21 heavy (non-hydrogen) atoms. The summed E-state index contributed by atoms with van der Waals surface area (Å²) in [5.41, 5.74) is -0.124. The lowest BCUT2D eigenvalue weighted by molar-refractivity contribution is -0.00818. The van der Waals surface area contributed by atoms with Gasteiger partial charge in [-0.1, -0.05) is 11.8 Å². The standard InChI is InChI=1S/C16H20FNO3/c1-4-21-16(2,3)11-18-15(20)13-10-12(6-5-9-19)7-8-14(13)17/h7-8,10,19H,4,9,11H2,1-3H3,(H,18,20). The third-order valence-electron chi connectivity index (χ3n) is 2.73. The smallest absolute Gasteiger partial charge is 0.254 e. The SMILES string of the molecule is CCOC(C)(C)CNC(=O)c1cc(C#CCO)ccc1F. The number of halogens is 1. The van der Waals surface area contributed by atoms with Gasteiger partial charge in [0.05, 0.1) is 11.2 Å². The number of aliphatic hydroxyl groups is 1. The highest BCUT2D eigenvalue weighted by Gasteiger charge is 2.20. The molecule has 0 aliphatic carbocycles. The van der Waals surface area contributed by atoms with E-state index in [4.69, 9.17) is 9.84 Å². The number of rotatable bonds is 5. The second-order valence-corrected chi connectivity index (χ2v) is 5.03. The van der Waals surface area contributed by atoms with Gasteiger partial charge < -0.3 is 15.2 Å². The summed E-state index contributed by atoms with van der Waals surface area (Å²) in [6, 6.07) is 4.00. The lowest BCUT2D eigenvalue weighted by atomic mass is 10.1. The summed E-state index contributed by atoms with van der Waals surface area (Å²) in [6.45, 7) is 6.07. The Labute approximate surface area is 124 Å². The van der Waals surface area contributed by atoms with Crippen molar-refractivity contribution >= 4 is 5.91 Å². The molecule has 1 amide bonds. The van der Waals surface area contributed by atoms with Crippen molar-refractivity contribution in [3.63, 3.8) is 0 Å². The molecule has 1 aromatic carbocycles. The normalized spacial score (nSPS) is 10.7. The second kappa shape index (κ2) is 7.77. The number of aliphatic hydroxyl groups excluding tert-OH is 1. The largest absolute Gasteiger partial charge is 0.384 e. The Morgan fingerprint density at radius 2 is 2.19 bits per heavy atom. The number of amides is 1. The van der Waals surface area contributed by atoms with Gasteiger partial charge in [-0.2, -0.15) is 0 Å². The van der Waals surface area contributed by atoms with Crippen LogP contribution in [0, 0.1) is 17.7 Å². The van der Waals surface area contributed by atoms with Gasteiger partial charge in [0.25, 0.3) is 5.91 Å². The molecule has 0 aliphatic heterocycles. The average Bonchev–Trinajstić information content (AvgIpc) is 2.44. The molecule has 1 rings (SSSR count). The monoisotopic (exact) mass is 293 g/mol. The molecule has 0 bridgehead atoms. The zero-order valence-electron chi connectivity index (χ0n) is 12.5. The Bertz CT molecular complexity index is 558. The zero-order chi connectivity index (χ0) is 15.9. The first-order valence-electron chi connectivity index (χ1n) is 6.71. The molecule has 0 aromatic heterocycles. The van der Waals surface area contributed by atoms with Crippen LogP contribution < -0.4 is 5.32 Å². The quantitative estimate of drug-likeness (QED) is 0.813. The van der Waals surface area contributed by atoms with E-state index in [1.54, 1.807) is 0 Å². The summed E-state index contributed by atoms with van der Waals surface area (Å²) in [5, 5.41) is 11.3. The number of hydrogen-bond acceptors (Lipinski definition) is 3. The van der Waals surface area contributed by atoms with Crippen LogP contribution in [-0.2, 0) is 4.74 Å². The number of carbonyl (C=O) groups is 1. The van der Waals surface area contributed by atoms with Gasteiger partial charge in [-0.25, -0.2) is 4.39 Å². The van der Waals surface area contributed by atoms with E-state index in [1.807, 2.05) is 20.8 Å². The third-order valence-corrected chi connectivity index (χ3v) is 2.73. The molecule has 0 heterocycles. The molecule has 0 aliphatic rings. The lowest BCUT2D eigenvalue weighted by Crippen LogP contribution is -2.40. The maximum Gasteiger partial charge on any atom is 0.254 e. The Balaban J connectivity index is 2.82. The maximum atomic E-state index is 13.7. The molecule has 0 saturated carbocycles. The molecule has 4 nitrogen and oxygen atoms in total. The molecule has 0 atom stereocenters. The Morgan fingerprint density at radius 3 is 2.81 bits per heavy atom. The van der Waals surface area contributed by atoms with E-state index < -0.39 is 17.3 Å². The van der Waals surface area contributed by atoms with Crippen LogP contribution in [0.2, 0.25) is 0 Å². The summed E-state index contributed by atoms with van der Waals surface area (Å²) < 4.78 is 19.2. The van der Waals surface area contributed by atoms with E-state index in [2.05, 4.69) is 17.2 Å². The van der Waals surface area contributed by atoms with E-state index in [0.29, 0.717) is 12.2 Å². The van der Waals surface area contributed by atoms with Gasteiger partial charge in [-0.05, 0) is 39.0 Å². The Kier molecular flexibility index (Phi) is 6.35. The van der Waals surface area contributed by atoms with Crippen molar-refractivity contribution in [3.8, 4) is 11.8 Å². The fourth-order valence-electron chi connectivity index (χ4n) is 1.75. The van der Waals surface area contributed by atoms with Crippen LogP contribution in [0.3, 0.4) is 0 Å². The predicted molar refractivity (Wildman–Crippen MR) is 78.4 cm³/mol. The average molecular weight is 293 g/mol. The van der Waals surface area contributed by atoms with Crippen LogP contribution in [0.4, 0.5) is 4.39 Å². The van der Waals surface area contributed by atoms with Gasteiger partial charge in [0.2, 0.25) is 0 Å². The van der Waals surface area contributed by atoms with Crippen LogP contribution in [0.1, 0.15) is 36.7 Å². The van der Waals surface area contributed by atoms with Crippen LogP contribution in [0.15, 0.2) is 18.2 Å². The Morgan fingerprint density at radius 1 is 1.48 bits per heavy atom. The fraction of sp³-hybridized carbons (Fsp3) is 0.438. The Hall–Kier alpha value is -1.90. The molecule has 1 aromatic rings. The van der Waals surface area contributed by atoms with Crippen molar-refractivity contribution < 1.29 is 19.0 Å². The van der Waals surface area contributed by atoms with Gasteiger partial charge in [0, 0.05) is 18.7 Å². The molecule has 2 N–H and O–H groups in total. The predicted octanol–water partition coefficient (Wildman–Crippen LogP) is 1.71. The molecular weight excluding hydrogens is 273 g/mol. The van der Waals surface area contributed by atoms with Crippen LogP contribution in [0.25, 0.3) is 0 Å². The van der Waals surface area contributed by atoms with Crippen LogP contribution in [0.5, 0.6) is 0 Å². The van der Waals surface area contributed by atoms with E-state index in [0.717, 1.165) is 0 Å². The van der Waals surface area contributed by atoms with Crippen molar-refractivity contribution in [2.45, 2.75) is 26.4 Å². The van der Waals surface area contributed by atoms with E-state index in [-0.39, 0.29) is 18.7 Å². The van der Waals surface area contributed by atoms with E-state index in [1.165, 1.54) is 18.2 Å². The van der Waals surface area contributed by atoms with Gasteiger partial charge in [-0.3, -0.25) is 4.79 Å². The van der Waals surface area contributed by atoms with Crippen molar-refractivity contribution in [2.24, 2.45) is 0 Å². The number of benzene rings is 1. The number of ether oxygens (including phenoxy) is 1. The highest BCUT2D eigenvalue weighted by Crippen LogP contribution is 2.12. The van der Waals surface area contributed by atoms with Gasteiger partial charge in [0.15, 0.2) is 0 Å². The molecule has 0 spiro atoms. The summed E-state index contributed by atoms with van der Waals surface area (Å²) in [4.78, 5) is 12.0. The molecule has 0 saturated heterocycles. The highest BCUT2D eigenvalue weighted by molar-refractivity contribution is 5.94. The summed E-state index contributed by atoms with van der Waals surface area (Å²) in [7, 11) is 0. The first-order chi connectivity index (χ1) is 9.89. The molecule has 114 valence electrons. The molecule has 0 fully saturated rings. The summed E-state index contributed by atoms with van der Waals surface area (Å²) in [5.74, 6) is 3.96. The number of nitrogens with one attached hydrogen (secondary N) is 1. The third kappa shape index (κ3) is 5.54. The van der Waals surface area contributed by atoms with Gasteiger partial charge in [-0.15, -0.1) is 0 Å². The molecule has 5 heteroatoms. The molecule has 0 radical (unpaired) electrons. The molecule has 0 unspecified atom stereocenters. The number of carbonyl (C=O) groups excluding carboxylic acids is 1. The van der Waals surface area contributed by atoms with Gasteiger partial charge in [0.1, 0.15) is 12.4 Å². The topological polar surface area (TPSA) is 58.6 Å². The zero-order valence-corrected chi connectivity index (χ0v) is 12.5. The minimum Gasteiger partial charge on any atom is -0.384 e. The summed E-state index contributed by atoms with van der Waals surface area (Å²) >= 11 is 0. The van der Waals surface area contributed by atoms with Crippen LogP contribution in [-0.4, -0.2) is 36.4 Å². The fourth-order valence-corrected chi connectivity index (χ4v) is 1.75. The minimum atomic E-state index is -0.615. The second-order valence-electron chi connectivity index (χ2n) is 5.03. The van der Waals surface area contributed by atoms with Gasteiger partial charge >= 0.3 is 0 Å². The summed E-state index contributed by atoms with van der Waals surface area (Å²) in [6.07, 6.45) is 0. The highest BCUT2D eigenvalue weighted by atomic mass is 19.1. The maximum absolute atomic E-state index is 13.7. The van der Waals surface area contributed by atoms with Crippen molar-refractivity contribution in [3.05, 3.63) is 35.1 Å². The first kappa shape index (κ1) is 17.2. The van der Waals surface area contributed by atoms with Crippen molar-refractivity contribution in [1.82, 2.24) is 5.32 Å². The number of hydrogen-bond donors (Lipinski definition) is 2. The van der Waals surface area contributed by atoms with Crippen molar-refractivity contribution in [1.29, 1.82) is 0 Å². The van der Waals surface area contributed by atoms with Crippen LogP contribution >= 0.6 is 0 Å².